The highest BCUT2D eigenvalue weighted by Crippen LogP contribution is 2.23. The minimum absolute atomic E-state index is 0.315. The molecule has 0 unspecified atom stereocenters. The molecular weight excluding hydrogens is 402 g/mol. The van der Waals surface area contributed by atoms with Crippen molar-refractivity contribution in [2.24, 2.45) is 0 Å². The summed E-state index contributed by atoms with van der Waals surface area (Å²) in [6.07, 6.45) is 0. The fourth-order valence-electron chi connectivity index (χ4n) is 3.43. The highest BCUT2D eigenvalue weighted by molar-refractivity contribution is 6.00. The Balaban J connectivity index is 1.38. The zero-order valence-corrected chi connectivity index (χ0v) is 18.5. The third-order valence-corrected chi connectivity index (χ3v) is 5.06. The molecule has 4 aromatic rings. The summed E-state index contributed by atoms with van der Waals surface area (Å²) >= 11 is 0. The summed E-state index contributed by atoms with van der Waals surface area (Å²) in [6.45, 7) is 3.80. The number of benzene rings is 3. The molecule has 2 N–H and O–H groups in total. The fraction of sp³-hybridized carbons (Fsp3) is 0.200. The van der Waals surface area contributed by atoms with Crippen molar-refractivity contribution in [3.05, 3.63) is 78.6 Å². The number of likely N-dealkylation sites (N-methyl/N-ethyl adjacent to an activating group) is 1. The lowest BCUT2D eigenvalue weighted by molar-refractivity contribution is 0.262. The second-order valence-electron chi connectivity index (χ2n) is 7.84. The van der Waals surface area contributed by atoms with E-state index in [0.29, 0.717) is 17.1 Å². The van der Waals surface area contributed by atoms with Crippen molar-refractivity contribution >= 4 is 28.4 Å². The summed E-state index contributed by atoms with van der Waals surface area (Å²) in [5.41, 5.74) is 3.29. The predicted octanol–water partition coefficient (Wildman–Crippen LogP) is 5.34. The Morgan fingerprint density at radius 2 is 1.59 bits per heavy atom. The zero-order valence-electron chi connectivity index (χ0n) is 18.5. The van der Waals surface area contributed by atoms with E-state index in [9.17, 15) is 4.79 Å². The third-order valence-electron chi connectivity index (χ3n) is 5.06. The maximum atomic E-state index is 12.5. The molecule has 0 radical (unpaired) electrons. The van der Waals surface area contributed by atoms with Crippen LogP contribution in [0, 0.1) is 6.92 Å². The van der Waals surface area contributed by atoms with E-state index < -0.39 is 0 Å². The Hall–Kier alpha value is -3.84. The summed E-state index contributed by atoms with van der Waals surface area (Å²) in [5, 5.41) is 5.72. The number of aromatic nitrogens is 2. The van der Waals surface area contributed by atoms with Gasteiger partial charge < -0.3 is 24.8 Å². The predicted molar refractivity (Wildman–Crippen MR) is 129 cm³/mol. The van der Waals surface area contributed by atoms with E-state index in [2.05, 4.69) is 39.2 Å². The van der Waals surface area contributed by atoms with E-state index in [1.807, 2.05) is 67.6 Å². The number of amides is 2. The molecule has 7 nitrogen and oxygen atoms in total. The van der Waals surface area contributed by atoms with Gasteiger partial charge in [0.2, 0.25) is 0 Å². The smallest absolute Gasteiger partial charge is 0.323 e. The van der Waals surface area contributed by atoms with Gasteiger partial charge in [0.25, 0.3) is 0 Å². The maximum Gasteiger partial charge on any atom is 0.323 e. The van der Waals surface area contributed by atoms with Gasteiger partial charge in [-0.2, -0.15) is 0 Å². The molecule has 0 bridgehead atoms. The molecule has 0 saturated heterocycles. The van der Waals surface area contributed by atoms with Crippen molar-refractivity contribution in [3.8, 4) is 11.5 Å². The van der Waals surface area contributed by atoms with Gasteiger partial charge in [0.15, 0.2) is 0 Å². The minimum Gasteiger partial charge on any atom is -0.457 e. The Bertz CT molecular complexity index is 1200. The lowest BCUT2D eigenvalue weighted by Gasteiger charge is -2.12. The van der Waals surface area contributed by atoms with Crippen LogP contribution in [0.5, 0.6) is 11.5 Å². The molecule has 4 rings (SSSR count). The van der Waals surface area contributed by atoms with Crippen LogP contribution in [-0.4, -0.2) is 41.1 Å². The zero-order chi connectivity index (χ0) is 22.5. The second kappa shape index (κ2) is 9.53. The highest BCUT2D eigenvalue weighted by Gasteiger charge is 2.10. The molecule has 1 heterocycles. The van der Waals surface area contributed by atoms with E-state index in [4.69, 9.17) is 4.74 Å². The molecule has 3 aromatic carbocycles. The van der Waals surface area contributed by atoms with Gasteiger partial charge in [0.05, 0.1) is 11.0 Å². The number of nitrogens with one attached hydrogen (secondary N) is 2. The van der Waals surface area contributed by atoms with Gasteiger partial charge in [-0.05, 0) is 75.6 Å². The molecule has 164 valence electrons. The molecule has 0 aliphatic carbocycles. The number of carbonyl (C=O) groups is 1. The number of ether oxygens (including phenoxy) is 1. The Morgan fingerprint density at radius 1 is 0.938 bits per heavy atom. The first-order chi connectivity index (χ1) is 15.5. The minimum atomic E-state index is -0.315. The third kappa shape index (κ3) is 5.25. The van der Waals surface area contributed by atoms with Crippen LogP contribution in [0.25, 0.3) is 11.0 Å². The molecule has 0 atom stereocenters. The average Bonchev–Trinajstić information content (AvgIpc) is 3.08. The van der Waals surface area contributed by atoms with Crippen LogP contribution in [0.1, 0.15) is 5.82 Å². The monoisotopic (exact) mass is 429 g/mol. The maximum absolute atomic E-state index is 12.5. The van der Waals surface area contributed by atoms with Crippen LogP contribution in [-0.2, 0) is 6.54 Å². The number of urea groups is 1. The molecular formula is C25H27N5O2. The number of carbonyl (C=O) groups excluding carboxylic acids is 1. The number of imidazole rings is 1. The van der Waals surface area contributed by atoms with E-state index in [-0.39, 0.29) is 6.03 Å². The van der Waals surface area contributed by atoms with Crippen LogP contribution in [0.3, 0.4) is 0 Å². The van der Waals surface area contributed by atoms with Crippen molar-refractivity contribution in [3.63, 3.8) is 0 Å². The standard InChI is InChI=1S/C25H27N5O2/c1-18-26-23-17-20(11-14-24(23)30(18)16-15-29(2)3)28-25(31)27-19-9-12-22(13-10-19)32-21-7-5-4-6-8-21/h4-14,17H,15-16H2,1-3H3,(H2,27,28,31). The van der Waals surface area contributed by atoms with Gasteiger partial charge in [-0.15, -0.1) is 0 Å². The number of fused-ring (bicyclic) bond motifs is 1. The van der Waals surface area contributed by atoms with Gasteiger partial charge in [-0.3, -0.25) is 0 Å². The topological polar surface area (TPSA) is 71.4 Å². The molecule has 2 amide bonds. The van der Waals surface area contributed by atoms with Crippen LogP contribution in [0.4, 0.5) is 16.2 Å². The summed E-state index contributed by atoms with van der Waals surface area (Å²) < 4.78 is 7.97. The van der Waals surface area contributed by atoms with Crippen LogP contribution >= 0.6 is 0 Å². The fourth-order valence-corrected chi connectivity index (χ4v) is 3.43. The second-order valence-corrected chi connectivity index (χ2v) is 7.84. The number of rotatable bonds is 7. The summed E-state index contributed by atoms with van der Waals surface area (Å²) in [6, 6.07) is 22.3. The quantitative estimate of drug-likeness (QED) is 0.416. The normalized spacial score (nSPS) is 11.0. The van der Waals surface area contributed by atoms with Gasteiger partial charge in [0, 0.05) is 24.5 Å². The van der Waals surface area contributed by atoms with Gasteiger partial charge in [-0.1, -0.05) is 18.2 Å². The van der Waals surface area contributed by atoms with Crippen LogP contribution in [0.15, 0.2) is 72.8 Å². The van der Waals surface area contributed by atoms with E-state index in [1.54, 1.807) is 12.1 Å². The van der Waals surface area contributed by atoms with Crippen molar-refractivity contribution in [1.82, 2.24) is 14.5 Å². The summed E-state index contributed by atoms with van der Waals surface area (Å²) in [4.78, 5) is 19.2. The van der Waals surface area contributed by atoms with Crippen molar-refractivity contribution < 1.29 is 9.53 Å². The first-order valence-corrected chi connectivity index (χ1v) is 10.5. The van der Waals surface area contributed by atoms with E-state index >= 15 is 0 Å². The van der Waals surface area contributed by atoms with Gasteiger partial charge >= 0.3 is 6.03 Å². The van der Waals surface area contributed by atoms with Gasteiger partial charge in [0.1, 0.15) is 17.3 Å². The molecule has 1 aromatic heterocycles. The SMILES string of the molecule is Cc1nc2cc(NC(=O)Nc3ccc(Oc4ccccc4)cc3)ccc2n1CCN(C)C. The average molecular weight is 430 g/mol. The molecule has 0 spiro atoms. The van der Waals surface area contributed by atoms with E-state index in [1.165, 1.54) is 0 Å². The lowest BCUT2D eigenvalue weighted by atomic mass is 10.2. The lowest BCUT2D eigenvalue weighted by Crippen LogP contribution is -2.19. The van der Waals surface area contributed by atoms with Crippen LogP contribution < -0.4 is 15.4 Å². The number of para-hydroxylation sites is 1. The molecule has 0 aliphatic rings. The number of anilines is 2. The number of hydrogen-bond donors (Lipinski definition) is 2. The highest BCUT2D eigenvalue weighted by atomic mass is 16.5. The first kappa shape index (κ1) is 21.4. The van der Waals surface area contributed by atoms with Crippen LogP contribution in [0.2, 0.25) is 0 Å². The summed E-state index contributed by atoms with van der Waals surface area (Å²) in [7, 11) is 4.11. The first-order valence-electron chi connectivity index (χ1n) is 10.5. The van der Waals surface area contributed by atoms with Crippen molar-refractivity contribution in [1.29, 1.82) is 0 Å². The Morgan fingerprint density at radius 3 is 2.31 bits per heavy atom. The van der Waals surface area contributed by atoms with Crippen molar-refractivity contribution in [2.45, 2.75) is 13.5 Å². The van der Waals surface area contributed by atoms with E-state index in [0.717, 1.165) is 35.7 Å². The molecule has 32 heavy (non-hydrogen) atoms. The Labute approximate surface area is 187 Å². The molecule has 0 fully saturated rings. The number of hydrogen-bond acceptors (Lipinski definition) is 4. The molecule has 0 aliphatic heterocycles. The molecule has 7 heteroatoms. The summed E-state index contributed by atoms with van der Waals surface area (Å²) in [5.74, 6) is 2.43. The number of aryl methyl sites for hydroxylation is 1. The van der Waals surface area contributed by atoms with Crippen molar-refractivity contribution in [2.75, 3.05) is 31.3 Å². The number of nitrogens with zero attached hydrogens (tertiary/aromatic N) is 3. The molecule has 0 saturated carbocycles. The largest absolute Gasteiger partial charge is 0.457 e. The Kier molecular flexibility index (Phi) is 6.37. The van der Waals surface area contributed by atoms with Gasteiger partial charge in [-0.25, -0.2) is 9.78 Å².